The fourth-order valence-corrected chi connectivity index (χ4v) is 7.62. The van der Waals surface area contributed by atoms with Crippen molar-refractivity contribution in [3.05, 3.63) is 145 Å². The number of para-hydroxylation sites is 5. The van der Waals surface area contributed by atoms with Gasteiger partial charge in [-0.1, -0.05) is 193 Å². The third-order valence-corrected chi connectivity index (χ3v) is 11.0. The van der Waals surface area contributed by atoms with Gasteiger partial charge in [-0.05, 0) is 55.0 Å². The molecule has 0 saturated heterocycles. The third-order valence-electron chi connectivity index (χ3n) is 10.5. The van der Waals surface area contributed by atoms with Crippen LogP contribution in [0.5, 0.6) is 0 Å². The molecular formula is C54H66BrN3O. The molecule has 0 saturated carbocycles. The molecule has 0 unspecified atom stereocenters. The lowest BCUT2D eigenvalue weighted by Crippen LogP contribution is -1.86. The highest BCUT2D eigenvalue weighted by molar-refractivity contribution is 9.09. The van der Waals surface area contributed by atoms with Gasteiger partial charge in [0.25, 0.3) is 0 Å². The minimum Gasteiger partial charge on any atom is -0.355 e. The van der Waals surface area contributed by atoms with Crippen LogP contribution < -0.4 is 0 Å². The lowest BCUT2D eigenvalue weighted by molar-refractivity contribution is 0.112. The SMILES string of the molecule is CCCCC.CCCCC.CCCCCBr.Cn1c2ccccc2c2cc(C=O)ccc21.Cn1c2ccccc2c2ccccc21.c1ccc2c(c1)[nH]c1ccccc12. The predicted molar refractivity (Wildman–Crippen MR) is 266 cm³/mol. The van der Waals surface area contributed by atoms with Crippen LogP contribution in [-0.2, 0) is 14.1 Å². The van der Waals surface area contributed by atoms with Crippen LogP contribution in [-0.4, -0.2) is 25.7 Å². The van der Waals surface area contributed by atoms with Gasteiger partial charge in [0, 0.05) is 90.4 Å². The summed E-state index contributed by atoms with van der Waals surface area (Å²) in [6.45, 7) is 11.1. The molecule has 1 N–H and O–H groups in total. The average molecular weight is 853 g/mol. The number of rotatable bonds is 8. The summed E-state index contributed by atoms with van der Waals surface area (Å²) in [4.78, 5) is 14.2. The van der Waals surface area contributed by atoms with Gasteiger partial charge in [0.2, 0.25) is 0 Å². The van der Waals surface area contributed by atoms with Crippen LogP contribution in [0.25, 0.3) is 65.4 Å². The molecule has 0 spiro atoms. The Morgan fingerprint density at radius 2 is 0.797 bits per heavy atom. The lowest BCUT2D eigenvalue weighted by Gasteiger charge is -1.96. The number of benzene rings is 6. The largest absolute Gasteiger partial charge is 0.355 e. The number of aryl methyl sites for hydroxylation is 2. The Kier molecular flexibility index (Phi) is 20.0. The topological polar surface area (TPSA) is 42.7 Å². The van der Waals surface area contributed by atoms with Crippen LogP contribution in [0.4, 0.5) is 0 Å². The number of aromatic amines is 1. The highest BCUT2D eigenvalue weighted by atomic mass is 79.9. The van der Waals surface area contributed by atoms with E-state index in [9.17, 15) is 4.79 Å². The van der Waals surface area contributed by atoms with Gasteiger partial charge in [-0.25, -0.2) is 0 Å². The van der Waals surface area contributed by atoms with Gasteiger partial charge in [0.05, 0.1) is 0 Å². The Morgan fingerprint density at radius 3 is 1.15 bits per heavy atom. The van der Waals surface area contributed by atoms with Gasteiger partial charge in [0.15, 0.2) is 0 Å². The second-order valence-electron chi connectivity index (χ2n) is 14.9. The molecule has 9 aromatic rings. The number of aldehydes is 1. The zero-order valence-corrected chi connectivity index (χ0v) is 38.2. The van der Waals surface area contributed by atoms with E-state index in [2.05, 4.69) is 181 Å². The van der Waals surface area contributed by atoms with Crippen molar-refractivity contribution >= 4 is 87.6 Å². The number of hydrogen-bond acceptors (Lipinski definition) is 1. The number of carbonyl (C=O) groups excluding carboxylic acids is 1. The minimum absolute atomic E-state index is 0.726. The summed E-state index contributed by atoms with van der Waals surface area (Å²) in [6, 6.07) is 47.8. The van der Waals surface area contributed by atoms with E-state index >= 15 is 0 Å². The number of fused-ring (bicyclic) bond motifs is 9. The van der Waals surface area contributed by atoms with Crippen molar-refractivity contribution < 1.29 is 4.79 Å². The molecule has 6 aromatic carbocycles. The van der Waals surface area contributed by atoms with E-state index < -0.39 is 0 Å². The number of halogens is 1. The van der Waals surface area contributed by atoms with Gasteiger partial charge in [-0.2, -0.15) is 0 Å². The Balaban J connectivity index is 0.000000166. The number of unbranched alkanes of at least 4 members (excludes halogenated alkanes) is 6. The fourth-order valence-electron chi connectivity index (χ4n) is 7.23. The lowest BCUT2D eigenvalue weighted by atomic mass is 10.1. The second-order valence-corrected chi connectivity index (χ2v) is 15.7. The van der Waals surface area contributed by atoms with Crippen LogP contribution in [0.15, 0.2) is 140 Å². The Labute approximate surface area is 361 Å². The molecule has 0 bridgehead atoms. The monoisotopic (exact) mass is 851 g/mol. The van der Waals surface area contributed by atoms with E-state index in [1.165, 1.54) is 118 Å². The van der Waals surface area contributed by atoms with Gasteiger partial charge >= 0.3 is 0 Å². The van der Waals surface area contributed by atoms with Crippen molar-refractivity contribution in [3.8, 4) is 0 Å². The predicted octanol–water partition coefficient (Wildman–Crippen LogP) is 16.8. The second kappa shape index (κ2) is 25.4. The number of H-pyrrole nitrogens is 1. The summed E-state index contributed by atoms with van der Waals surface area (Å²) in [7, 11) is 4.16. The van der Waals surface area contributed by atoms with E-state index in [0.717, 1.165) is 22.8 Å². The Morgan fingerprint density at radius 1 is 0.441 bits per heavy atom. The molecule has 0 radical (unpaired) electrons. The number of carbonyl (C=O) groups is 1. The Bertz CT molecular complexity index is 2470. The minimum atomic E-state index is 0.726. The average Bonchev–Trinajstić information content (AvgIpc) is 3.91. The molecule has 0 atom stereocenters. The summed E-state index contributed by atoms with van der Waals surface area (Å²) in [5.74, 6) is 0. The van der Waals surface area contributed by atoms with Crippen molar-refractivity contribution in [1.82, 2.24) is 14.1 Å². The first-order valence-electron chi connectivity index (χ1n) is 21.7. The van der Waals surface area contributed by atoms with Crippen molar-refractivity contribution in [2.24, 2.45) is 14.1 Å². The molecule has 0 aliphatic carbocycles. The first-order valence-corrected chi connectivity index (χ1v) is 22.9. The standard InChI is InChI=1S/C14H11NO.C13H11N.C12H9N.C5H11Br.2C5H12/c1-15-13-5-3-2-4-11(13)12-8-10(9-16)6-7-14(12)15;1-14-12-8-4-2-6-10(12)11-7-3-5-9-13(11)14;1-3-7-11-9(5-1)10-6-2-4-8-12(10)13-11;1-2-3-4-5-6;2*1-3-5-4-2/h2-9H,1H3;2-9H,1H3;1-8,13H;2-5H2,1H3;2*3-5H2,1-2H3. The number of aromatic nitrogens is 3. The molecule has 310 valence electrons. The van der Waals surface area contributed by atoms with Crippen LogP contribution in [0, 0.1) is 0 Å². The summed E-state index contributed by atoms with van der Waals surface area (Å²) in [5.41, 5.74) is 8.10. The maximum atomic E-state index is 10.8. The van der Waals surface area contributed by atoms with Crippen LogP contribution >= 0.6 is 15.9 Å². The maximum absolute atomic E-state index is 10.8. The molecule has 3 aromatic heterocycles. The molecule has 0 fully saturated rings. The molecule has 0 aliphatic heterocycles. The molecule has 3 heterocycles. The number of nitrogens with zero attached hydrogens (tertiary/aromatic N) is 2. The third kappa shape index (κ3) is 12.7. The summed E-state index contributed by atoms with van der Waals surface area (Å²) in [6.07, 6.45) is 13.1. The van der Waals surface area contributed by atoms with Crippen molar-refractivity contribution in [2.45, 2.75) is 92.4 Å². The molecular weight excluding hydrogens is 787 g/mol. The van der Waals surface area contributed by atoms with Crippen LogP contribution in [0.2, 0.25) is 0 Å². The molecule has 9 rings (SSSR count). The van der Waals surface area contributed by atoms with E-state index in [1.807, 2.05) is 37.4 Å². The van der Waals surface area contributed by atoms with Gasteiger partial charge in [0.1, 0.15) is 6.29 Å². The number of nitrogens with one attached hydrogen (secondary N) is 1. The van der Waals surface area contributed by atoms with Gasteiger partial charge in [-0.3, -0.25) is 4.79 Å². The van der Waals surface area contributed by atoms with Gasteiger partial charge in [-0.15, -0.1) is 0 Å². The first-order chi connectivity index (χ1) is 28.9. The van der Waals surface area contributed by atoms with Crippen molar-refractivity contribution in [2.75, 3.05) is 5.33 Å². The normalized spacial score (nSPS) is 10.4. The van der Waals surface area contributed by atoms with E-state index in [4.69, 9.17) is 0 Å². The number of alkyl halides is 1. The Hall–Kier alpha value is -5.13. The molecule has 4 nitrogen and oxygen atoms in total. The summed E-state index contributed by atoms with van der Waals surface area (Å²) < 4.78 is 4.39. The van der Waals surface area contributed by atoms with E-state index in [0.29, 0.717) is 0 Å². The molecule has 5 heteroatoms. The van der Waals surface area contributed by atoms with E-state index in [-0.39, 0.29) is 0 Å². The maximum Gasteiger partial charge on any atom is 0.150 e. The quantitative estimate of drug-likeness (QED) is 0.0924. The first kappa shape index (κ1) is 46.6. The zero-order chi connectivity index (χ0) is 42.4. The van der Waals surface area contributed by atoms with Crippen LogP contribution in [0.3, 0.4) is 0 Å². The fraction of sp³-hybridized carbons (Fsp3) is 0.315. The highest BCUT2D eigenvalue weighted by Gasteiger charge is 2.08. The van der Waals surface area contributed by atoms with Gasteiger partial charge < -0.3 is 14.1 Å². The highest BCUT2D eigenvalue weighted by Crippen LogP contribution is 2.29. The van der Waals surface area contributed by atoms with Crippen LogP contribution in [0.1, 0.15) is 103 Å². The molecule has 59 heavy (non-hydrogen) atoms. The summed E-state index contributed by atoms with van der Waals surface area (Å²) >= 11 is 3.35. The molecule has 0 amide bonds. The van der Waals surface area contributed by atoms with E-state index in [1.54, 1.807) is 0 Å². The molecule has 0 aliphatic rings. The summed E-state index contributed by atoms with van der Waals surface area (Å²) in [5, 5.41) is 8.79. The number of hydrogen-bond donors (Lipinski definition) is 1. The zero-order valence-electron chi connectivity index (χ0n) is 36.6. The smallest absolute Gasteiger partial charge is 0.150 e. The van der Waals surface area contributed by atoms with Crippen molar-refractivity contribution in [1.29, 1.82) is 0 Å². The van der Waals surface area contributed by atoms with Crippen molar-refractivity contribution in [3.63, 3.8) is 0 Å².